The van der Waals surface area contributed by atoms with Gasteiger partial charge in [0.05, 0.1) is 16.7 Å². The van der Waals surface area contributed by atoms with Crippen LogP contribution >= 0.6 is 11.8 Å². The molecule has 4 rings (SSSR count). The number of aromatic nitrogens is 2. The zero-order chi connectivity index (χ0) is 16.2. The Morgan fingerprint density at radius 3 is 2.21 bits per heavy atom. The van der Waals surface area contributed by atoms with Crippen LogP contribution < -0.4 is 0 Å². The number of para-hydroxylation sites is 3. The van der Waals surface area contributed by atoms with Gasteiger partial charge in [-0.05, 0) is 36.0 Å². The second-order valence-electron chi connectivity index (χ2n) is 5.28. The quantitative estimate of drug-likeness (QED) is 0.309. The van der Waals surface area contributed by atoms with Crippen molar-refractivity contribution in [3.8, 4) is 0 Å². The van der Waals surface area contributed by atoms with Gasteiger partial charge < -0.3 is 4.98 Å². The summed E-state index contributed by atoms with van der Waals surface area (Å²) in [7, 11) is 0. The number of H-pyrrole nitrogens is 1. The van der Waals surface area contributed by atoms with E-state index in [0.717, 1.165) is 32.5 Å². The first-order chi connectivity index (χ1) is 11.9. The van der Waals surface area contributed by atoms with E-state index in [4.69, 9.17) is 4.99 Å². The van der Waals surface area contributed by atoms with Gasteiger partial charge in [-0.2, -0.15) is 0 Å². The van der Waals surface area contributed by atoms with E-state index in [0.29, 0.717) is 0 Å². The average Bonchev–Trinajstić information content (AvgIpc) is 3.05. The highest BCUT2D eigenvalue weighted by Gasteiger charge is 2.10. The number of hydrogen-bond donors (Lipinski definition) is 1. The highest BCUT2D eigenvalue weighted by molar-refractivity contribution is 8.14. The Morgan fingerprint density at radius 2 is 1.46 bits per heavy atom. The maximum absolute atomic E-state index is 4.81. The van der Waals surface area contributed by atoms with Crippen LogP contribution in [-0.2, 0) is 0 Å². The standard InChI is InChI=1S/C20H15N3S/c1-3-9-15(10-4-1)19(21-16-11-5-2-6-12-16)24-20-22-17-13-7-8-14-18(17)23-20/h1-14H,(H,22,23). The second-order valence-corrected chi connectivity index (χ2v) is 6.26. The number of benzene rings is 3. The summed E-state index contributed by atoms with van der Waals surface area (Å²) in [5, 5.41) is 1.76. The van der Waals surface area contributed by atoms with Crippen LogP contribution in [0, 0.1) is 0 Å². The third kappa shape index (κ3) is 3.24. The third-order valence-corrected chi connectivity index (χ3v) is 4.48. The third-order valence-electron chi connectivity index (χ3n) is 3.57. The van der Waals surface area contributed by atoms with Crippen molar-refractivity contribution in [2.45, 2.75) is 5.16 Å². The number of nitrogens with zero attached hydrogens (tertiary/aromatic N) is 2. The van der Waals surface area contributed by atoms with Gasteiger partial charge in [-0.25, -0.2) is 9.98 Å². The molecule has 0 saturated carbocycles. The highest BCUT2D eigenvalue weighted by Crippen LogP contribution is 2.26. The fourth-order valence-electron chi connectivity index (χ4n) is 2.42. The van der Waals surface area contributed by atoms with Gasteiger partial charge in [-0.1, -0.05) is 60.7 Å². The maximum atomic E-state index is 4.81. The van der Waals surface area contributed by atoms with Crippen LogP contribution in [0.4, 0.5) is 5.69 Å². The van der Waals surface area contributed by atoms with E-state index in [2.05, 4.69) is 22.1 Å². The zero-order valence-electron chi connectivity index (χ0n) is 12.9. The molecule has 24 heavy (non-hydrogen) atoms. The number of imidazole rings is 1. The number of nitrogens with one attached hydrogen (secondary N) is 1. The van der Waals surface area contributed by atoms with E-state index in [9.17, 15) is 0 Å². The predicted octanol–water partition coefficient (Wildman–Crippen LogP) is 5.43. The van der Waals surface area contributed by atoms with Gasteiger partial charge in [0, 0.05) is 5.56 Å². The molecule has 0 unspecified atom stereocenters. The number of aromatic amines is 1. The predicted molar refractivity (Wildman–Crippen MR) is 101 cm³/mol. The van der Waals surface area contributed by atoms with Gasteiger partial charge in [0.25, 0.3) is 0 Å². The lowest BCUT2D eigenvalue weighted by Gasteiger charge is -2.05. The van der Waals surface area contributed by atoms with E-state index < -0.39 is 0 Å². The van der Waals surface area contributed by atoms with Crippen LogP contribution in [0.15, 0.2) is 95.1 Å². The van der Waals surface area contributed by atoms with Crippen LogP contribution in [-0.4, -0.2) is 15.0 Å². The Bertz CT molecular complexity index is 942. The first-order valence-corrected chi connectivity index (χ1v) is 8.52. The summed E-state index contributed by atoms with van der Waals surface area (Å²) in [6.45, 7) is 0. The summed E-state index contributed by atoms with van der Waals surface area (Å²) in [5.41, 5.74) is 4.01. The minimum Gasteiger partial charge on any atom is -0.333 e. The molecule has 3 nitrogen and oxygen atoms in total. The smallest absolute Gasteiger partial charge is 0.172 e. The Hall–Kier alpha value is -2.85. The number of hydrogen-bond acceptors (Lipinski definition) is 3. The van der Waals surface area contributed by atoms with Crippen molar-refractivity contribution in [1.29, 1.82) is 0 Å². The Labute approximate surface area is 144 Å². The molecule has 0 bridgehead atoms. The molecule has 0 aliphatic rings. The number of thioether (sulfide) groups is 1. The summed E-state index contributed by atoms with van der Waals surface area (Å²) in [6, 6.07) is 28.2. The van der Waals surface area contributed by atoms with Crippen molar-refractivity contribution >= 4 is 33.5 Å². The summed E-state index contributed by atoms with van der Waals surface area (Å²) < 4.78 is 0. The highest BCUT2D eigenvalue weighted by atomic mass is 32.2. The number of aliphatic imine (C=N–C) groups is 1. The van der Waals surface area contributed by atoms with E-state index in [1.165, 1.54) is 0 Å². The monoisotopic (exact) mass is 329 g/mol. The number of fused-ring (bicyclic) bond motifs is 1. The van der Waals surface area contributed by atoms with Crippen LogP contribution in [0.2, 0.25) is 0 Å². The molecule has 0 aliphatic heterocycles. The summed E-state index contributed by atoms with van der Waals surface area (Å²) in [6.07, 6.45) is 0. The zero-order valence-corrected chi connectivity index (χ0v) is 13.7. The Morgan fingerprint density at radius 1 is 0.792 bits per heavy atom. The van der Waals surface area contributed by atoms with Gasteiger partial charge in [-0.15, -0.1) is 0 Å². The normalized spacial score (nSPS) is 11.8. The van der Waals surface area contributed by atoms with E-state index >= 15 is 0 Å². The lowest BCUT2D eigenvalue weighted by atomic mass is 10.2. The van der Waals surface area contributed by atoms with Gasteiger partial charge in [0.15, 0.2) is 5.16 Å². The minimum atomic E-state index is 0.842. The largest absolute Gasteiger partial charge is 0.333 e. The van der Waals surface area contributed by atoms with Crippen molar-refractivity contribution in [2.24, 2.45) is 4.99 Å². The van der Waals surface area contributed by atoms with Crippen LogP contribution in [0.25, 0.3) is 11.0 Å². The van der Waals surface area contributed by atoms with Gasteiger partial charge in [0.2, 0.25) is 0 Å². The fourth-order valence-corrected chi connectivity index (χ4v) is 3.31. The first kappa shape index (κ1) is 14.7. The molecule has 1 heterocycles. The molecule has 4 aromatic rings. The molecule has 3 aromatic carbocycles. The molecular formula is C20H15N3S. The molecule has 0 spiro atoms. The van der Waals surface area contributed by atoms with Crippen molar-refractivity contribution in [3.05, 3.63) is 90.5 Å². The first-order valence-electron chi connectivity index (χ1n) is 7.70. The van der Waals surface area contributed by atoms with Gasteiger partial charge in [-0.3, -0.25) is 0 Å². The molecule has 4 heteroatoms. The van der Waals surface area contributed by atoms with Crippen LogP contribution in [0.3, 0.4) is 0 Å². The van der Waals surface area contributed by atoms with E-state index in [-0.39, 0.29) is 0 Å². The molecule has 1 N–H and O–H groups in total. The SMILES string of the molecule is c1ccc(N=C(Sc2nc3ccccc3[nH]2)c2ccccc2)cc1. The topological polar surface area (TPSA) is 41.0 Å². The molecule has 0 fully saturated rings. The molecule has 0 aliphatic carbocycles. The molecule has 0 saturated heterocycles. The van der Waals surface area contributed by atoms with Crippen molar-refractivity contribution in [1.82, 2.24) is 9.97 Å². The molecule has 1 aromatic heterocycles. The van der Waals surface area contributed by atoms with Gasteiger partial charge in [0.1, 0.15) is 5.04 Å². The fraction of sp³-hybridized carbons (Fsp3) is 0. The Kier molecular flexibility index (Phi) is 4.13. The summed E-state index contributed by atoms with van der Waals surface area (Å²) in [4.78, 5) is 12.8. The van der Waals surface area contributed by atoms with Crippen molar-refractivity contribution < 1.29 is 0 Å². The van der Waals surface area contributed by atoms with Crippen LogP contribution in [0.1, 0.15) is 5.56 Å². The van der Waals surface area contributed by atoms with Crippen LogP contribution in [0.5, 0.6) is 0 Å². The summed E-state index contributed by atoms with van der Waals surface area (Å²) >= 11 is 1.55. The molecular weight excluding hydrogens is 314 g/mol. The summed E-state index contributed by atoms with van der Waals surface area (Å²) in [5.74, 6) is 0. The lowest BCUT2D eigenvalue weighted by molar-refractivity contribution is 1.09. The van der Waals surface area contributed by atoms with E-state index in [1.807, 2.05) is 72.8 Å². The molecule has 0 radical (unpaired) electrons. The second kappa shape index (κ2) is 6.72. The van der Waals surface area contributed by atoms with E-state index in [1.54, 1.807) is 11.8 Å². The minimum absolute atomic E-state index is 0.842. The Balaban J connectivity index is 1.74. The lowest BCUT2D eigenvalue weighted by Crippen LogP contribution is -1.95. The molecule has 0 atom stereocenters. The maximum Gasteiger partial charge on any atom is 0.172 e. The molecule has 0 amide bonds. The molecule has 116 valence electrons. The van der Waals surface area contributed by atoms with Gasteiger partial charge >= 0.3 is 0 Å². The number of rotatable bonds is 3. The van der Waals surface area contributed by atoms with Crippen molar-refractivity contribution in [2.75, 3.05) is 0 Å². The van der Waals surface area contributed by atoms with Crippen molar-refractivity contribution in [3.63, 3.8) is 0 Å². The average molecular weight is 329 g/mol.